The van der Waals surface area contributed by atoms with Gasteiger partial charge in [-0.05, 0) is 55.3 Å². The molecule has 3 rings (SSSR count). The number of anilines is 1. The third-order valence-corrected chi connectivity index (χ3v) is 6.70. The number of hydrogen-bond donors (Lipinski definition) is 0. The van der Waals surface area contributed by atoms with Crippen LogP contribution in [0, 0.1) is 6.92 Å². The second kappa shape index (κ2) is 7.38. The van der Waals surface area contributed by atoms with Gasteiger partial charge >= 0.3 is 11.5 Å². The van der Waals surface area contributed by atoms with Crippen molar-refractivity contribution in [2.24, 2.45) is 0 Å². The first kappa shape index (κ1) is 21.2. The minimum Gasteiger partial charge on any atom is -0.311 e. The molecule has 0 aliphatic carbocycles. The first-order valence-corrected chi connectivity index (χ1v) is 10.3. The van der Waals surface area contributed by atoms with Gasteiger partial charge in [0.2, 0.25) is 0 Å². The van der Waals surface area contributed by atoms with E-state index in [1.165, 1.54) is 9.80 Å². The van der Waals surface area contributed by atoms with Crippen LogP contribution in [0.2, 0.25) is 0 Å². The number of alkyl halides is 3. The topological polar surface area (TPSA) is 70.6 Å². The standard InChI is InChI=1S/C18H16F3N3O3S2/c1-11-9-22-8-7-13(11)10-23-12(2)16(28)24(17(23)25)14-3-5-15(6-4-14)29(26,27)18(19,20)21/h3-9,12H,10H2,1-2H3/t12-/m1/s1. The van der Waals surface area contributed by atoms with Crippen LogP contribution in [0.4, 0.5) is 23.7 Å². The predicted octanol–water partition coefficient (Wildman–Crippen LogP) is 3.84. The quantitative estimate of drug-likeness (QED) is 0.672. The summed E-state index contributed by atoms with van der Waals surface area (Å²) in [5.74, 6) is 0. The molecule has 1 atom stereocenters. The molecule has 1 aliphatic heterocycles. The van der Waals surface area contributed by atoms with Crippen molar-refractivity contribution in [3.05, 3.63) is 53.9 Å². The molecular weight excluding hydrogens is 427 g/mol. The average molecular weight is 443 g/mol. The number of aryl methyl sites for hydroxylation is 1. The molecule has 0 N–H and O–H groups in total. The molecule has 1 aliphatic rings. The Hall–Kier alpha value is -2.53. The van der Waals surface area contributed by atoms with E-state index in [1.807, 2.05) is 6.92 Å². The molecule has 0 spiro atoms. The SMILES string of the molecule is Cc1cnccc1CN1C(=O)N(c2ccc(S(=O)(=O)C(F)(F)F)cc2)C(=S)[C@H]1C. The van der Waals surface area contributed by atoms with Crippen molar-refractivity contribution in [1.29, 1.82) is 0 Å². The molecule has 6 nitrogen and oxygen atoms in total. The zero-order valence-corrected chi connectivity index (χ0v) is 17.0. The predicted molar refractivity (Wildman–Crippen MR) is 104 cm³/mol. The fourth-order valence-corrected chi connectivity index (χ4v) is 3.99. The molecule has 1 fully saturated rings. The number of urea groups is 1. The Morgan fingerprint density at radius 3 is 2.34 bits per heavy atom. The van der Waals surface area contributed by atoms with Gasteiger partial charge in [0.25, 0.3) is 9.84 Å². The maximum atomic E-state index is 12.9. The second-order valence-electron chi connectivity index (χ2n) is 6.51. The smallest absolute Gasteiger partial charge is 0.311 e. The number of carbonyl (C=O) groups is 1. The van der Waals surface area contributed by atoms with Crippen LogP contribution in [-0.2, 0) is 16.4 Å². The van der Waals surface area contributed by atoms with Crippen molar-refractivity contribution in [3.63, 3.8) is 0 Å². The Balaban J connectivity index is 1.89. The lowest BCUT2D eigenvalue weighted by molar-refractivity contribution is -0.0436. The van der Waals surface area contributed by atoms with E-state index in [4.69, 9.17) is 12.2 Å². The van der Waals surface area contributed by atoms with Crippen LogP contribution in [0.15, 0.2) is 47.6 Å². The van der Waals surface area contributed by atoms with Crippen molar-refractivity contribution in [1.82, 2.24) is 9.88 Å². The van der Waals surface area contributed by atoms with Gasteiger partial charge in [-0.3, -0.25) is 9.88 Å². The van der Waals surface area contributed by atoms with Gasteiger partial charge in [0, 0.05) is 18.9 Å². The fourth-order valence-electron chi connectivity index (χ4n) is 2.92. The van der Waals surface area contributed by atoms with Crippen molar-refractivity contribution < 1.29 is 26.4 Å². The average Bonchev–Trinajstić information content (AvgIpc) is 2.86. The maximum absolute atomic E-state index is 12.9. The van der Waals surface area contributed by atoms with E-state index in [-0.39, 0.29) is 17.2 Å². The summed E-state index contributed by atoms with van der Waals surface area (Å²) in [6.07, 6.45) is 3.29. The van der Waals surface area contributed by atoms with E-state index < -0.39 is 32.3 Å². The van der Waals surface area contributed by atoms with E-state index in [9.17, 15) is 26.4 Å². The highest BCUT2D eigenvalue weighted by Crippen LogP contribution is 2.33. The maximum Gasteiger partial charge on any atom is 0.501 e. The van der Waals surface area contributed by atoms with Crippen LogP contribution in [0.25, 0.3) is 0 Å². The number of thiocarbonyl (C=S) groups is 1. The van der Waals surface area contributed by atoms with Crippen LogP contribution in [0.1, 0.15) is 18.1 Å². The van der Waals surface area contributed by atoms with Crippen LogP contribution in [0.3, 0.4) is 0 Å². The molecule has 1 saturated heterocycles. The third-order valence-electron chi connectivity index (χ3n) is 4.67. The Kier molecular flexibility index (Phi) is 5.39. The van der Waals surface area contributed by atoms with E-state index in [1.54, 1.807) is 25.4 Å². The summed E-state index contributed by atoms with van der Waals surface area (Å²) < 4.78 is 61.1. The number of benzene rings is 1. The highest BCUT2D eigenvalue weighted by molar-refractivity contribution is 7.92. The Morgan fingerprint density at radius 1 is 1.17 bits per heavy atom. The summed E-state index contributed by atoms with van der Waals surface area (Å²) in [6, 6.07) is 4.82. The van der Waals surface area contributed by atoms with Gasteiger partial charge in [-0.25, -0.2) is 13.2 Å². The minimum absolute atomic E-state index is 0.196. The van der Waals surface area contributed by atoms with Crippen molar-refractivity contribution in [2.45, 2.75) is 36.8 Å². The Bertz CT molecular complexity index is 1070. The summed E-state index contributed by atoms with van der Waals surface area (Å²) in [7, 11) is -5.46. The first-order valence-electron chi connectivity index (χ1n) is 8.40. The molecule has 29 heavy (non-hydrogen) atoms. The molecule has 1 aromatic carbocycles. The van der Waals surface area contributed by atoms with Crippen molar-refractivity contribution in [3.8, 4) is 0 Å². The number of halogens is 3. The molecule has 1 aromatic heterocycles. The molecule has 11 heteroatoms. The fraction of sp³-hybridized carbons (Fsp3) is 0.278. The van der Waals surface area contributed by atoms with E-state index >= 15 is 0 Å². The Morgan fingerprint density at radius 2 is 1.79 bits per heavy atom. The summed E-state index contributed by atoms with van der Waals surface area (Å²) in [5.41, 5.74) is -3.42. The summed E-state index contributed by atoms with van der Waals surface area (Å²) in [6.45, 7) is 3.90. The second-order valence-corrected chi connectivity index (χ2v) is 8.86. The monoisotopic (exact) mass is 443 g/mol. The van der Waals surface area contributed by atoms with Crippen molar-refractivity contribution >= 4 is 38.8 Å². The molecule has 2 amide bonds. The lowest BCUT2D eigenvalue weighted by atomic mass is 10.1. The molecule has 0 radical (unpaired) electrons. The minimum atomic E-state index is -5.46. The first-order chi connectivity index (χ1) is 13.4. The largest absolute Gasteiger partial charge is 0.501 e. The zero-order valence-electron chi connectivity index (χ0n) is 15.3. The van der Waals surface area contributed by atoms with Gasteiger partial charge in [0.05, 0.1) is 16.6 Å². The lowest BCUT2D eigenvalue weighted by Gasteiger charge is -2.21. The molecule has 0 bridgehead atoms. The number of hydrogen-bond acceptors (Lipinski definition) is 5. The highest BCUT2D eigenvalue weighted by Gasteiger charge is 2.47. The summed E-state index contributed by atoms with van der Waals surface area (Å²) in [5, 5.41) is 0. The van der Waals surface area contributed by atoms with Gasteiger partial charge in [-0.2, -0.15) is 13.2 Å². The number of nitrogens with zero attached hydrogens (tertiary/aromatic N) is 3. The number of amides is 2. The molecule has 0 saturated carbocycles. The lowest BCUT2D eigenvalue weighted by Crippen LogP contribution is -2.33. The van der Waals surface area contributed by atoms with E-state index in [0.717, 1.165) is 35.4 Å². The molecular formula is C18H16F3N3O3S2. The number of pyridine rings is 1. The van der Waals surface area contributed by atoms with E-state index in [2.05, 4.69) is 4.98 Å². The summed E-state index contributed by atoms with van der Waals surface area (Å²) in [4.78, 5) is 19.0. The normalized spacial score (nSPS) is 17.9. The Labute approximate surface area is 170 Å². The number of rotatable bonds is 4. The number of sulfone groups is 1. The summed E-state index contributed by atoms with van der Waals surface area (Å²) >= 11 is 5.37. The van der Waals surface area contributed by atoms with Crippen LogP contribution >= 0.6 is 12.2 Å². The molecule has 154 valence electrons. The number of aromatic nitrogens is 1. The molecule has 2 heterocycles. The van der Waals surface area contributed by atoms with Crippen LogP contribution in [-0.4, -0.2) is 40.9 Å². The van der Waals surface area contributed by atoms with Gasteiger partial charge in [0.15, 0.2) is 0 Å². The van der Waals surface area contributed by atoms with Gasteiger partial charge in [0.1, 0.15) is 4.99 Å². The van der Waals surface area contributed by atoms with Gasteiger partial charge < -0.3 is 4.90 Å². The molecule has 0 unspecified atom stereocenters. The highest BCUT2D eigenvalue weighted by atomic mass is 32.2. The van der Waals surface area contributed by atoms with Crippen molar-refractivity contribution in [2.75, 3.05) is 4.90 Å². The zero-order chi connectivity index (χ0) is 21.6. The third kappa shape index (κ3) is 3.71. The molecule has 2 aromatic rings. The van der Waals surface area contributed by atoms with Gasteiger partial charge in [-0.1, -0.05) is 12.2 Å². The van der Waals surface area contributed by atoms with Crippen LogP contribution < -0.4 is 4.90 Å². The number of carbonyl (C=O) groups excluding carboxylic acids is 1. The van der Waals surface area contributed by atoms with Gasteiger partial charge in [-0.15, -0.1) is 0 Å². The van der Waals surface area contributed by atoms with Crippen LogP contribution in [0.5, 0.6) is 0 Å². The van der Waals surface area contributed by atoms with E-state index in [0.29, 0.717) is 0 Å².